The van der Waals surface area contributed by atoms with Crippen molar-refractivity contribution < 1.29 is 32.6 Å². The molecule has 0 radical (unpaired) electrons. The standard InChI is InChI=1S/C21H18F2O5/c1-3-19(24)26-13-15-5-9-17(10-6-15)21(22,23)28-18-11-7-16(8-12-18)14-27-20(25)4-2/h3-12H,1-2,13-14H2. The van der Waals surface area contributed by atoms with Crippen LogP contribution < -0.4 is 4.74 Å². The van der Waals surface area contributed by atoms with Crippen molar-refractivity contribution in [2.24, 2.45) is 0 Å². The van der Waals surface area contributed by atoms with Crippen LogP contribution in [-0.4, -0.2) is 11.9 Å². The molecule has 0 unspecified atom stereocenters. The van der Waals surface area contributed by atoms with Gasteiger partial charge in [-0.05, 0) is 35.4 Å². The van der Waals surface area contributed by atoms with Gasteiger partial charge in [0.05, 0.1) is 5.56 Å². The molecule has 0 aliphatic carbocycles. The zero-order chi connectivity index (χ0) is 20.6. The number of ether oxygens (including phenoxy) is 3. The second-order valence-electron chi connectivity index (χ2n) is 5.58. The summed E-state index contributed by atoms with van der Waals surface area (Å²) in [4.78, 5) is 22.0. The zero-order valence-corrected chi connectivity index (χ0v) is 14.9. The summed E-state index contributed by atoms with van der Waals surface area (Å²) in [5, 5.41) is 0. The molecule has 0 heterocycles. The lowest BCUT2D eigenvalue weighted by atomic mass is 10.1. The molecule has 5 nitrogen and oxygen atoms in total. The van der Waals surface area contributed by atoms with Crippen molar-refractivity contribution >= 4 is 11.9 Å². The van der Waals surface area contributed by atoms with Crippen LogP contribution in [0, 0.1) is 0 Å². The van der Waals surface area contributed by atoms with Crippen molar-refractivity contribution in [3.05, 3.63) is 90.5 Å². The highest BCUT2D eigenvalue weighted by Gasteiger charge is 2.34. The first-order valence-corrected chi connectivity index (χ1v) is 8.17. The van der Waals surface area contributed by atoms with E-state index >= 15 is 0 Å². The Bertz CT molecular complexity index is 842. The molecule has 0 fully saturated rings. The first kappa shape index (κ1) is 20.8. The highest BCUT2D eigenvalue weighted by atomic mass is 19.3. The number of rotatable bonds is 9. The van der Waals surface area contributed by atoms with E-state index in [1.54, 1.807) is 0 Å². The topological polar surface area (TPSA) is 61.8 Å². The van der Waals surface area contributed by atoms with E-state index in [9.17, 15) is 18.4 Å². The molecule has 0 aliphatic rings. The lowest BCUT2D eigenvalue weighted by Gasteiger charge is -2.18. The molecule has 0 amide bonds. The normalized spacial score (nSPS) is 10.6. The van der Waals surface area contributed by atoms with Crippen molar-refractivity contribution in [3.8, 4) is 5.75 Å². The molecule has 0 atom stereocenters. The number of hydrogen-bond donors (Lipinski definition) is 0. The van der Waals surface area contributed by atoms with Crippen molar-refractivity contribution in [1.82, 2.24) is 0 Å². The molecule has 2 rings (SSSR count). The number of carbonyl (C=O) groups is 2. The number of halogens is 2. The Morgan fingerprint density at radius 1 is 0.821 bits per heavy atom. The fourth-order valence-corrected chi connectivity index (χ4v) is 2.08. The van der Waals surface area contributed by atoms with E-state index < -0.39 is 18.0 Å². The maximum atomic E-state index is 14.3. The van der Waals surface area contributed by atoms with E-state index in [1.807, 2.05) is 0 Å². The summed E-state index contributed by atoms with van der Waals surface area (Å²) in [6.07, 6.45) is -1.51. The van der Waals surface area contributed by atoms with Gasteiger partial charge >= 0.3 is 18.0 Å². The number of esters is 2. The highest BCUT2D eigenvalue weighted by Crippen LogP contribution is 2.31. The van der Waals surface area contributed by atoms with Gasteiger partial charge in [-0.1, -0.05) is 37.4 Å². The van der Waals surface area contributed by atoms with Gasteiger partial charge in [0, 0.05) is 12.2 Å². The first-order chi connectivity index (χ1) is 13.3. The zero-order valence-electron chi connectivity index (χ0n) is 14.9. The molecule has 0 aliphatic heterocycles. The predicted molar refractivity (Wildman–Crippen MR) is 97.4 cm³/mol. The van der Waals surface area contributed by atoms with Gasteiger partial charge in [-0.15, -0.1) is 0 Å². The van der Waals surface area contributed by atoms with Gasteiger partial charge in [0.1, 0.15) is 19.0 Å². The molecule has 2 aromatic carbocycles. The molecule has 0 spiro atoms. The molecule has 146 valence electrons. The van der Waals surface area contributed by atoms with Gasteiger partial charge in [-0.25, -0.2) is 9.59 Å². The number of alkyl halides is 2. The van der Waals surface area contributed by atoms with Crippen LogP contribution in [0.15, 0.2) is 73.8 Å². The molecule has 0 aromatic heterocycles. The fraction of sp³-hybridized carbons (Fsp3) is 0.143. The number of hydrogen-bond acceptors (Lipinski definition) is 5. The monoisotopic (exact) mass is 388 g/mol. The van der Waals surface area contributed by atoms with E-state index in [0.717, 1.165) is 12.2 Å². The van der Waals surface area contributed by atoms with Crippen LogP contribution in [0.4, 0.5) is 8.78 Å². The summed E-state index contributed by atoms with van der Waals surface area (Å²) in [6, 6.07) is 11.0. The Hall–Kier alpha value is -3.48. The minimum Gasteiger partial charge on any atom is -0.458 e. The maximum absolute atomic E-state index is 14.3. The molecule has 0 saturated heterocycles. The quantitative estimate of drug-likeness (QED) is 0.474. The Kier molecular flexibility index (Phi) is 7.03. The van der Waals surface area contributed by atoms with Crippen LogP contribution in [0.2, 0.25) is 0 Å². The highest BCUT2D eigenvalue weighted by molar-refractivity contribution is 5.81. The molecule has 7 heteroatoms. The van der Waals surface area contributed by atoms with Gasteiger partial charge in [-0.3, -0.25) is 0 Å². The van der Waals surface area contributed by atoms with Gasteiger partial charge < -0.3 is 14.2 Å². The third kappa shape index (κ3) is 6.05. The summed E-state index contributed by atoms with van der Waals surface area (Å²) in [5.41, 5.74) is 0.813. The van der Waals surface area contributed by atoms with Crippen molar-refractivity contribution in [3.63, 3.8) is 0 Å². The predicted octanol–water partition coefficient (Wildman–Crippen LogP) is 4.27. The van der Waals surface area contributed by atoms with E-state index in [4.69, 9.17) is 14.2 Å². The summed E-state index contributed by atoms with van der Waals surface area (Å²) >= 11 is 0. The second-order valence-corrected chi connectivity index (χ2v) is 5.58. The molecule has 2 aromatic rings. The third-order valence-corrected chi connectivity index (χ3v) is 3.55. The molecule has 0 N–H and O–H groups in total. The van der Waals surface area contributed by atoms with Crippen LogP contribution in [0.5, 0.6) is 5.75 Å². The summed E-state index contributed by atoms with van der Waals surface area (Å²) in [5.74, 6) is -1.22. The Morgan fingerprint density at radius 3 is 1.68 bits per heavy atom. The average Bonchev–Trinajstić information content (AvgIpc) is 2.71. The van der Waals surface area contributed by atoms with E-state index in [1.165, 1.54) is 48.5 Å². The first-order valence-electron chi connectivity index (χ1n) is 8.17. The minimum atomic E-state index is -3.56. The van der Waals surface area contributed by atoms with Gasteiger partial charge in [-0.2, -0.15) is 8.78 Å². The molecular weight excluding hydrogens is 370 g/mol. The maximum Gasteiger partial charge on any atom is 0.426 e. The SMILES string of the molecule is C=CC(=O)OCc1ccc(OC(F)(F)c2ccc(COC(=O)C=C)cc2)cc1. The molecule has 28 heavy (non-hydrogen) atoms. The smallest absolute Gasteiger partial charge is 0.426 e. The fourth-order valence-electron chi connectivity index (χ4n) is 2.08. The molecular formula is C21H18F2O5. The third-order valence-electron chi connectivity index (χ3n) is 3.55. The second kappa shape index (κ2) is 9.45. The van der Waals surface area contributed by atoms with Crippen LogP contribution in [-0.2, 0) is 38.4 Å². The minimum absolute atomic E-state index is 0.000579. The number of benzene rings is 2. The lowest BCUT2D eigenvalue weighted by Crippen LogP contribution is -2.21. The van der Waals surface area contributed by atoms with E-state index in [2.05, 4.69) is 13.2 Å². The number of carbonyl (C=O) groups excluding carboxylic acids is 2. The van der Waals surface area contributed by atoms with Gasteiger partial charge in [0.25, 0.3) is 0 Å². The summed E-state index contributed by atoms with van der Waals surface area (Å²) < 4.78 is 43.2. The van der Waals surface area contributed by atoms with Crippen LogP contribution >= 0.6 is 0 Å². The van der Waals surface area contributed by atoms with Crippen molar-refractivity contribution in [2.45, 2.75) is 19.3 Å². The van der Waals surface area contributed by atoms with Crippen molar-refractivity contribution in [2.75, 3.05) is 0 Å². The van der Waals surface area contributed by atoms with E-state index in [0.29, 0.717) is 11.1 Å². The van der Waals surface area contributed by atoms with Crippen LogP contribution in [0.1, 0.15) is 16.7 Å². The summed E-state index contributed by atoms with van der Waals surface area (Å²) in [6.45, 7) is 6.50. The Labute approximate surface area is 160 Å². The van der Waals surface area contributed by atoms with Crippen molar-refractivity contribution in [1.29, 1.82) is 0 Å². The molecule has 0 bridgehead atoms. The Balaban J connectivity index is 1.98. The molecule has 0 saturated carbocycles. The average molecular weight is 388 g/mol. The largest absolute Gasteiger partial charge is 0.458 e. The van der Waals surface area contributed by atoms with E-state index in [-0.39, 0.29) is 24.5 Å². The van der Waals surface area contributed by atoms with Crippen LogP contribution in [0.3, 0.4) is 0 Å². The summed E-state index contributed by atoms with van der Waals surface area (Å²) in [7, 11) is 0. The van der Waals surface area contributed by atoms with Gasteiger partial charge in [0.2, 0.25) is 0 Å². The lowest BCUT2D eigenvalue weighted by molar-refractivity contribution is -0.185. The van der Waals surface area contributed by atoms with Crippen LogP contribution in [0.25, 0.3) is 0 Å². The Morgan fingerprint density at radius 2 is 1.25 bits per heavy atom. The van der Waals surface area contributed by atoms with Gasteiger partial charge in [0.15, 0.2) is 0 Å².